The zero-order valence-electron chi connectivity index (χ0n) is 18.6. The first kappa shape index (κ1) is 23.5. The number of nitrogens with one attached hydrogen (secondary N) is 1. The van der Waals surface area contributed by atoms with Crippen molar-refractivity contribution in [2.24, 2.45) is 0 Å². The van der Waals surface area contributed by atoms with Gasteiger partial charge in [0.1, 0.15) is 0 Å². The molecule has 0 unspecified atom stereocenters. The van der Waals surface area contributed by atoms with Gasteiger partial charge in [0.05, 0.1) is 15.6 Å². The Morgan fingerprint density at radius 2 is 1.76 bits per heavy atom. The van der Waals surface area contributed by atoms with E-state index in [1.54, 1.807) is 30.3 Å². The highest BCUT2D eigenvalue weighted by Gasteiger charge is 2.22. The molecule has 3 aromatic rings. The van der Waals surface area contributed by atoms with E-state index in [-0.39, 0.29) is 21.5 Å². The van der Waals surface area contributed by atoms with Gasteiger partial charge >= 0.3 is 0 Å². The largest absolute Gasteiger partial charge is 0.337 e. The third kappa shape index (κ3) is 5.49. The first-order chi connectivity index (χ1) is 15.9. The van der Waals surface area contributed by atoms with E-state index in [9.17, 15) is 13.2 Å². The van der Waals surface area contributed by atoms with Crippen molar-refractivity contribution in [3.05, 3.63) is 71.2 Å². The van der Waals surface area contributed by atoms with Crippen LogP contribution >= 0.6 is 11.6 Å². The smallest absolute Gasteiger partial charge is 0.261 e. The Balaban J connectivity index is 1.54. The molecule has 4 rings (SSSR count). The lowest BCUT2D eigenvalue weighted by Crippen LogP contribution is -2.35. The van der Waals surface area contributed by atoms with Gasteiger partial charge in [-0.25, -0.2) is 8.42 Å². The molecule has 1 N–H and O–H groups in total. The molecule has 0 bridgehead atoms. The van der Waals surface area contributed by atoms with Crippen LogP contribution in [-0.4, -0.2) is 56.8 Å². The molecule has 0 radical (unpaired) electrons. The SMILES string of the molecule is CCCN1CCCN(C(=O)c2ccc(Cl)c(NS(=O)(=O)c3ccc4ccccc4c3)c2)CC1. The number of hydrogen-bond donors (Lipinski definition) is 1. The molecule has 174 valence electrons. The fourth-order valence-corrected chi connectivity index (χ4v) is 5.50. The summed E-state index contributed by atoms with van der Waals surface area (Å²) in [5, 5.41) is 2.02. The van der Waals surface area contributed by atoms with E-state index in [0.717, 1.165) is 43.2 Å². The standard InChI is InChI=1S/C25H28ClN3O3S/c1-2-12-28-13-5-14-29(16-15-28)25(30)21-9-11-23(26)24(18-21)27-33(31,32)22-10-8-19-6-3-4-7-20(19)17-22/h3-4,6-11,17-18,27H,2,5,12-16H2,1H3. The lowest BCUT2D eigenvalue weighted by atomic mass is 10.1. The van der Waals surface area contributed by atoms with Crippen molar-refractivity contribution in [2.75, 3.05) is 37.4 Å². The number of hydrogen-bond acceptors (Lipinski definition) is 4. The first-order valence-corrected chi connectivity index (χ1v) is 13.1. The van der Waals surface area contributed by atoms with Crippen molar-refractivity contribution in [3.63, 3.8) is 0 Å². The first-order valence-electron chi connectivity index (χ1n) is 11.2. The van der Waals surface area contributed by atoms with Crippen LogP contribution in [0.3, 0.4) is 0 Å². The number of amides is 1. The molecule has 1 aliphatic heterocycles. The maximum absolute atomic E-state index is 13.1. The van der Waals surface area contributed by atoms with Gasteiger partial charge in [0.2, 0.25) is 0 Å². The molecule has 0 saturated carbocycles. The summed E-state index contributed by atoms with van der Waals surface area (Å²) in [6.45, 7) is 6.34. The third-order valence-corrected chi connectivity index (χ3v) is 7.60. The van der Waals surface area contributed by atoms with Crippen LogP contribution in [0.15, 0.2) is 65.6 Å². The molecule has 0 aliphatic carbocycles. The molecule has 3 aromatic carbocycles. The van der Waals surface area contributed by atoms with E-state index >= 15 is 0 Å². The van der Waals surface area contributed by atoms with Gasteiger partial charge in [-0.15, -0.1) is 0 Å². The molecule has 1 saturated heterocycles. The number of nitrogens with zero attached hydrogens (tertiary/aromatic N) is 2. The number of carbonyl (C=O) groups is 1. The summed E-state index contributed by atoms with van der Waals surface area (Å²) in [6.07, 6.45) is 2.01. The molecule has 6 nitrogen and oxygen atoms in total. The fourth-order valence-electron chi connectivity index (χ4n) is 4.17. The molecule has 1 fully saturated rings. The number of carbonyl (C=O) groups excluding carboxylic acids is 1. The Hall–Kier alpha value is -2.61. The Morgan fingerprint density at radius 1 is 0.970 bits per heavy atom. The Labute approximate surface area is 200 Å². The molecule has 1 amide bonds. The molecule has 0 aromatic heterocycles. The summed E-state index contributed by atoms with van der Waals surface area (Å²) < 4.78 is 28.7. The van der Waals surface area contributed by atoms with Gasteiger partial charge in [-0.05, 0) is 67.0 Å². The van der Waals surface area contributed by atoms with Crippen LogP contribution in [0.4, 0.5) is 5.69 Å². The topological polar surface area (TPSA) is 69.7 Å². The summed E-state index contributed by atoms with van der Waals surface area (Å²) in [4.78, 5) is 17.5. The highest BCUT2D eigenvalue weighted by molar-refractivity contribution is 7.92. The lowest BCUT2D eigenvalue weighted by Gasteiger charge is -2.22. The van der Waals surface area contributed by atoms with Crippen LogP contribution in [0.25, 0.3) is 10.8 Å². The molecular formula is C25H28ClN3O3S. The van der Waals surface area contributed by atoms with Crippen LogP contribution in [0, 0.1) is 0 Å². The minimum Gasteiger partial charge on any atom is -0.337 e. The highest BCUT2D eigenvalue weighted by Crippen LogP contribution is 2.28. The van der Waals surface area contributed by atoms with Crippen molar-refractivity contribution in [2.45, 2.75) is 24.7 Å². The van der Waals surface area contributed by atoms with Crippen molar-refractivity contribution in [1.82, 2.24) is 9.80 Å². The second kappa shape index (κ2) is 10.1. The molecule has 1 heterocycles. The number of fused-ring (bicyclic) bond motifs is 1. The minimum absolute atomic E-state index is 0.115. The number of sulfonamides is 1. The van der Waals surface area contributed by atoms with E-state index in [2.05, 4.69) is 16.5 Å². The van der Waals surface area contributed by atoms with Crippen molar-refractivity contribution in [1.29, 1.82) is 0 Å². The minimum atomic E-state index is -3.88. The molecule has 8 heteroatoms. The van der Waals surface area contributed by atoms with Crippen LogP contribution in [0.1, 0.15) is 30.1 Å². The number of anilines is 1. The average molecular weight is 486 g/mol. The van der Waals surface area contributed by atoms with Gasteiger partial charge < -0.3 is 9.80 Å². The van der Waals surface area contributed by atoms with Crippen LogP contribution in [-0.2, 0) is 10.0 Å². The Bertz CT molecular complexity index is 1260. The number of rotatable bonds is 6. The highest BCUT2D eigenvalue weighted by atomic mass is 35.5. The van der Waals surface area contributed by atoms with E-state index in [4.69, 9.17) is 11.6 Å². The van der Waals surface area contributed by atoms with Crippen molar-refractivity contribution in [3.8, 4) is 0 Å². The monoisotopic (exact) mass is 485 g/mol. The zero-order chi connectivity index (χ0) is 23.4. The van der Waals surface area contributed by atoms with Gasteiger partial charge in [-0.2, -0.15) is 0 Å². The number of benzene rings is 3. The van der Waals surface area contributed by atoms with E-state index in [1.165, 1.54) is 6.07 Å². The molecular weight excluding hydrogens is 458 g/mol. The fraction of sp³-hybridized carbons (Fsp3) is 0.320. The quantitative estimate of drug-likeness (QED) is 0.541. The van der Waals surface area contributed by atoms with Gasteiger partial charge in [0.15, 0.2) is 0 Å². The van der Waals surface area contributed by atoms with Crippen LogP contribution < -0.4 is 4.72 Å². The molecule has 1 aliphatic rings. The predicted molar refractivity (Wildman–Crippen MR) is 133 cm³/mol. The summed E-state index contributed by atoms with van der Waals surface area (Å²) in [7, 11) is -3.88. The van der Waals surface area contributed by atoms with Crippen LogP contribution in [0.5, 0.6) is 0 Å². The summed E-state index contributed by atoms with van der Waals surface area (Å²) in [5.74, 6) is -0.115. The molecule has 0 spiro atoms. The van der Waals surface area contributed by atoms with Gasteiger partial charge in [-0.1, -0.05) is 48.9 Å². The van der Waals surface area contributed by atoms with Crippen LogP contribution in [0.2, 0.25) is 5.02 Å². The number of halogens is 1. The van der Waals surface area contributed by atoms with Crippen molar-refractivity contribution >= 4 is 44.0 Å². The average Bonchev–Trinajstić information content (AvgIpc) is 3.05. The Morgan fingerprint density at radius 3 is 2.55 bits per heavy atom. The summed E-state index contributed by atoms with van der Waals surface area (Å²) in [5.41, 5.74) is 0.609. The van der Waals surface area contributed by atoms with E-state index in [1.807, 2.05) is 29.2 Å². The normalized spacial score (nSPS) is 15.4. The summed E-state index contributed by atoms with van der Waals surface area (Å²) in [6, 6.07) is 17.3. The maximum Gasteiger partial charge on any atom is 0.261 e. The predicted octanol–water partition coefficient (Wildman–Crippen LogP) is 4.85. The third-order valence-electron chi connectivity index (χ3n) is 5.90. The Kier molecular flexibility index (Phi) is 7.22. The second-order valence-corrected chi connectivity index (χ2v) is 10.4. The van der Waals surface area contributed by atoms with E-state index < -0.39 is 10.0 Å². The maximum atomic E-state index is 13.1. The lowest BCUT2D eigenvalue weighted by molar-refractivity contribution is 0.0761. The van der Waals surface area contributed by atoms with Gasteiger partial charge in [-0.3, -0.25) is 9.52 Å². The zero-order valence-corrected chi connectivity index (χ0v) is 20.2. The molecule has 0 atom stereocenters. The second-order valence-electron chi connectivity index (χ2n) is 8.30. The summed E-state index contributed by atoms with van der Waals surface area (Å²) >= 11 is 6.30. The van der Waals surface area contributed by atoms with Gasteiger partial charge in [0.25, 0.3) is 15.9 Å². The van der Waals surface area contributed by atoms with Gasteiger partial charge in [0, 0.05) is 25.2 Å². The molecule has 33 heavy (non-hydrogen) atoms. The van der Waals surface area contributed by atoms with E-state index in [0.29, 0.717) is 18.7 Å². The van der Waals surface area contributed by atoms with Crippen molar-refractivity contribution < 1.29 is 13.2 Å².